The molecule has 0 aromatic heterocycles. The molecule has 0 saturated heterocycles. The molecule has 3 rings (SSSR count). The third-order valence-electron chi connectivity index (χ3n) is 6.76. The highest BCUT2D eigenvalue weighted by Crippen LogP contribution is 2.36. The summed E-state index contributed by atoms with van der Waals surface area (Å²) in [4.78, 5) is 2.51. The van der Waals surface area contributed by atoms with E-state index in [0.717, 1.165) is 35.4 Å². The van der Waals surface area contributed by atoms with E-state index in [0.29, 0.717) is 31.5 Å². The highest BCUT2D eigenvalue weighted by atomic mass is 32.2. The third-order valence-corrected chi connectivity index (χ3v) is 7.56. The molecular formula is C31H41NO4S. The molecule has 0 saturated carbocycles. The number of rotatable bonds is 14. The number of ether oxygens (including phenoxy) is 1. The van der Waals surface area contributed by atoms with Gasteiger partial charge in [0.1, 0.15) is 12.4 Å². The van der Waals surface area contributed by atoms with Crippen molar-refractivity contribution < 1.29 is 17.7 Å². The zero-order chi connectivity index (χ0) is 26.8. The molecule has 0 aliphatic carbocycles. The summed E-state index contributed by atoms with van der Waals surface area (Å²) in [5, 5.41) is 0. The third kappa shape index (κ3) is 9.29. The van der Waals surface area contributed by atoms with Crippen LogP contribution in [0.3, 0.4) is 0 Å². The van der Waals surface area contributed by atoms with Crippen LogP contribution in [0, 0.1) is 0 Å². The van der Waals surface area contributed by atoms with Crippen LogP contribution in [0.5, 0.6) is 5.75 Å². The number of hydrogen-bond acceptors (Lipinski definition) is 4. The lowest BCUT2D eigenvalue weighted by Crippen LogP contribution is -2.38. The molecule has 0 fully saturated rings. The summed E-state index contributed by atoms with van der Waals surface area (Å²) in [6.45, 7) is 10.4. The number of nitrogens with zero attached hydrogens (tertiary/aromatic N) is 1. The van der Waals surface area contributed by atoms with E-state index in [1.54, 1.807) is 0 Å². The lowest BCUT2D eigenvalue weighted by Gasteiger charge is -2.32. The Morgan fingerprint density at radius 3 is 2.05 bits per heavy atom. The fraction of sp³-hybridized carbons (Fsp3) is 0.419. The van der Waals surface area contributed by atoms with Crippen LogP contribution in [0.1, 0.15) is 68.7 Å². The molecule has 1 N–H and O–H groups in total. The van der Waals surface area contributed by atoms with Gasteiger partial charge in [-0.05, 0) is 76.3 Å². The second kappa shape index (κ2) is 13.8. The van der Waals surface area contributed by atoms with Crippen LogP contribution in [0.25, 0.3) is 0 Å². The molecule has 0 aliphatic rings. The van der Waals surface area contributed by atoms with Gasteiger partial charge in [-0.2, -0.15) is 8.42 Å². The topological polar surface area (TPSA) is 66.8 Å². The second-order valence-electron chi connectivity index (χ2n) is 10.2. The minimum Gasteiger partial charge on any atom is -0.489 e. The molecule has 1 unspecified atom stereocenters. The normalized spacial score (nSPS) is 12.9. The van der Waals surface area contributed by atoms with Crippen molar-refractivity contribution in [1.82, 2.24) is 4.90 Å². The van der Waals surface area contributed by atoms with E-state index in [1.807, 2.05) is 36.4 Å². The molecule has 5 nitrogen and oxygen atoms in total. The lowest BCUT2D eigenvalue weighted by molar-refractivity contribution is 0.170. The number of aryl methyl sites for hydroxylation is 1. The summed E-state index contributed by atoms with van der Waals surface area (Å²) in [5.41, 5.74) is 4.48. The highest BCUT2D eigenvalue weighted by Gasteiger charge is 2.22. The Morgan fingerprint density at radius 1 is 0.838 bits per heavy atom. The van der Waals surface area contributed by atoms with Gasteiger partial charge in [-0.25, -0.2) is 0 Å². The van der Waals surface area contributed by atoms with Gasteiger partial charge in [0.2, 0.25) is 0 Å². The molecule has 3 aromatic carbocycles. The molecule has 6 heteroatoms. The SMILES string of the molecule is CC(C)N(CCC(c1ccccc1)c1cc(CCCS(=O)(=O)O)ccc1OCc1ccccc1)C(C)C. The summed E-state index contributed by atoms with van der Waals surface area (Å²) in [5.74, 6) is 0.722. The van der Waals surface area contributed by atoms with E-state index < -0.39 is 10.1 Å². The molecule has 37 heavy (non-hydrogen) atoms. The Kier molecular flexibility index (Phi) is 10.7. The maximum atomic E-state index is 11.2. The molecule has 0 bridgehead atoms. The fourth-order valence-electron chi connectivity index (χ4n) is 4.93. The molecular weight excluding hydrogens is 482 g/mol. The first-order chi connectivity index (χ1) is 17.6. The summed E-state index contributed by atoms with van der Waals surface area (Å²) >= 11 is 0. The van der Waals surface area contributed by atoms with E-state index >= 15 is 0 Å². The smallest absolute Gasteiger partial charge is 0.264 e. The summed E-state index contributed by atoms with van der Waals surface area (Å²) in [6.07, 6.45) is 1.86. The van der Waals surface area contributed by atoms with Crippen molar-refractivity contribution in [3.8, 4) is 5.75 Å². The quantitative estimate of drug-likeness (QED) is 0.237. The van der Waals surface area contributed by atoms with E-state index in [2.05, 4.69) is 75.1 Å². The van der Waals surface area contributed by atoms with Crippen molar-refractivity contribution in [2.45, 2.75) is 71.6 Å². The van der Waals surface area contributed by atoms with Gasteiger partial charge in [-0.3, -0.25) is 9.45 Å². The van der Waals surface area contributed by atoms with Crippen LogP contribution in [0.2, 0.25) is 0 Å². The van der Waals surface area contributed by atoms with Crippen LogP contribution >= 0.6 is 0 Å². The highest BCUT2D eigenvalue weighted by molar-refractivity contribution is 7.85. The average molecular weight is 524 g/mol. The molecule has 0 amide bonds. The molecule has 0 heterocycles. The van der Waals surface area contributed by atoms with Gasteiger partial charge >= 0.3 is 0 Å². The van der Waals surface area contributed by atoms with E-state index in [-0.39, 0.29) is 11.7 Å². The standard InChI is InChI=1S/C31H41NO4S/c1-24(2)32(25(3)4)20-19-29(28-15-9-6-10-16-28)30-22-26(14-11-21-37(33,34)35)17-18-31(30)36-23-27-12-7-5-8-13-27/h5-10,12-13,15-18,22,24-25,29H,11,14,19-21,23H2,1-4H3,(H,33,34,35). The monoisotopic (exact) mass is 523 g/mol. The van der Waals surface area contributed by atoms with Crippen molar-refractivity contribution in [2.24, 2.45) is 0 Å². The Morgan fingerprint density at radius 2 is 1.46 bits per heavy atom. The minimum atomic E-state index is -3.98. The first kappa shape index (κ1) is 28.9. The number of hydrogen-bond donors (Lipinski definition) is 1. The van der Waals surface area contributed by atoms with Crippen molar-refractivity contribution >= 4 is 10.1 Å². The maximum Gasteiger partial charge on any atom is 0.264 e. The first-order valence-electron chi connectivity index (χ1n) is 13.2. The summed E-state index contributed by atoms with van der Waals surface area (Å²) in [6, 6.07) is 27.7. The van der Waals surface area contributed by atoms with Crippen molar-refractivity contribution in [3.63, 3.8) is 0 Å². The van der Waals surface area contributed by atoms with Crippen LogP contribution in [0.4, 0.5) is 0 Å². The minimum absolute atomic E-state index is 0.119. The van der Waals surface area contributed by atoms with Crippen molar-refractivity contribution in [2.75, 3.05) is 12.3 Å². The predicted molar refractivity (Wildman–Crippen MR) is 152 cm³/mol. The van der Waals surface area contributed by atoms with Gasteiger partial charge in [0.15, 0.2) is 0 Å². The molecule has 0 aliphatic heterocycles. The largest absolute Gasteiger partial charge is 0.489 e. The van der Waals surface area contributed by atoms with Gasteiger partial charge in [-0.15, -0.1) is 0 Å². The second-order valence-corrected chi connectivity index (χ2v) is 11.8. The van der Waals surface area contributed by atoms with Gasteiger partial charge in [-0.1, -0.05) is 72.8 Å². The predicted octanol–water partition coefficient (Wildman–Crippen LogP) is 6.73. The van der Waals surface area contributed by atoms with Gasteiger partial charge in [0.05, 0.1) is 5.75 Å². The molecule has 0 radical (unpaired) electrons. The van der Waals surface area contributed by atoms with Crippen LogP contribution in [0.15, 0.2) is 78.9 Å². The summed E-state index contributed by atoms with van der Waals surface area (Å²) < 4.78 is 38.1. The fourth-order valence-corrected chi connectivity index (χ4v) is 5.44. The lowest BCUT2D eigenvalue weighted by atomic mass is 9.86. The van der Waals surface area contributed by atoms with E-state index in [4.69, 9.17) is 9.29 Å². The molecule has 200 valence electrons. The Hall–Kier alpha value is -2.67. The Balaban J connectivity index is 1.96. The zero-order valence-electron chi connectivity index (χ0n) is 22.5. The molecule has 1 atom stereocenters. The van der Waals surface area contributed by atoms with Crippen LogP contribution in [-0.4, -0.2) is 42.3 Å². The first-order valence-corrected chi connectivity index (χ1v) is 14.8. The number of benzene rings is 3. The molecule has 3 aromatic rings. The van der Waals surface area contributed by atoms with E-state index in [1.165, 1.54) is 5.56 Å². The van der Waals surface area contributed by atoms with Gasteiger partial charge in [0, 0.05) is 23.6 Å². The molecule has 0 spiro atoms. The van der Waals surface area contributed by atoms with Gasteiger partial charge in [0.25, 0.3) is 10.1 Å². The Bertz CT molecular complexity index is 1190. The van der Waals surface area contributed by atoms with Crippen molar-refractivity contribution in [3.05, 3.63) is 101 Å². The van der Waals surface area contributed by atoms with Gasteiger partial charge < -0.3 is 4.74 Å². The van der Waals surface area contributed by atoms with Crippen LogP contribution in [-0.2, 0) is 23.1 Å². The van der Waals surface area contributed by atoms with Crippen molar-refractivity contribution in [1.29, 1.82) is 0 Å². The maximum absolute atomic E-state index is 11.2. The van der Waals surface area contributed by atoms with E-state index in [9.17, 15) is 8.42 Å². The average Bonchev–Trinajstić information content (AvgIpc) is 2.86. The zero-order valence-corrected chi connectivity index (χ0v) is 23.3. The Labute approximate surface area is 223 Å². The van der Waals surface area contributed by atoms with Crippen LogP contribution < -0.4 is 4.74 Å². The summed E-state index contributed by atoms with van der Waals surface area (Å²) in [7, 11) is -3.98.